The molecule has 0 spiro atoms. The molecule has 25 heavy (non-hydrogen) atoms. The molecule has 1 amide bonds. The number of benzene rings is 2. The Kier molecular flexibility index (Phi) is 5.09. The van der Waals surface area contributed by atoms with Gasteiger partial charge in [-0.1, -0.05) is 29.8 Å². The third-order valence-electron chi connectivity index (χ3n) is 4.01. The molecule has 6 nitrogen and oxygen atoms in total. The van der Waals surface area contributed by atoms with Gasteiger partial charge in [0.15, 0.2) is 5.96 Å². The molecule has 1 heterocycles. The van der Waals surface area contributed by atoms with Gasteiger partial charge in [0, 0.05) is 23.7 Å². The average Bonchev–Trinajstić information content (AvgIpc) is 2.59. The summed E-state index contributed by atoms with van der Waals surface area (Å²) in [6.45, 7) is 0.424. The first-order chi connectivity index (χ1) is 12.1. The lowest BCUT2D eigenvalue weighted by atomic mass is 9.91. The van der Waals surface area contributed by atoms with Crippen molar-refractivity contribution < 1.29 is 9.53 Å². The highest BCUT2D eigenvalue weighted by Gasteiger charge is 2.24. The van der Waals surface area contributed by atoms with Gasteiger partial charge >= 0.3 is 0 Å². The largest absolute Gasteiger partial charge is 0.495 e. The van der Waals surface area contributed by atoms with E-state index < -0.39 is 0 Å². The summed E-state index contributed by atoms with van der Waals surface area (Å²) < 4.78 is 5.12. The van der Waals surface area contributed by atoms with Crippen LogP contribution in [0.5, 0.6) is 5.75 Å². The molecule has 0 aliphatic carbocycles. The molecule has 0 fully saturated rings. The highest BCUT2D eigenvalue weighted by atomic mass is 35.5. The molecule has 1 atom stereocenters. The van der Waals surface area contributed by atoms with Crippen LogP contribution in [0.25, 0.3) is 0 Å². The monoisotopic (exact) mass is 358 g/mol. The van der Waals surface area contributed by atoms with Crippen molar-refractivity contribution in [2.75, 3.05) is 24.3 Å². The average molecular weight is 359 g/mol. The molecule has 0 saturated carbocycles. The van der Waals surface area contributed by atoms with Crippen LogP contribution in [0, 0.1) is 0 Å². The number of anilines is 2. The summed E-state index contributed by atoms with van der Waals surface area (Å²) in [6, 6.07) is 13.0. The first-order valence-electron chi connectivity index (χ1n) is 7.86. The Bertz CT molecular complexity index is 822. The Balaban J connectivity index is 1.69. The summed E-state index contributed by atoms with van der Waals surface area (Å²) in [6.07, 6.45) is 0.391. The fourth-order valence-corrected chi connectivity index (χ4v) is 3.06. The SMILES string of the molecule is COc1ccc(NC(N)=NCC2CC(=O)Nc3ccccc32)cc1Cl. The number of hydrogen-bond acceptors (Lipinski definition) is 3. The fourth-order valence-electron chi connectivity index (χ4n) is 2.80. The molecule has 1 unspecified atom stereocenters. The number of rotatable bonds is 4. The number of methoxy groups -OCH3 is 1. The summed E-state index contributed by atoms with van der Waals surface area (Å²) >= 11 is 6.09. The summed E-state index contributed by atoms with van der Waals surface area (Å²) in [5.41, 5.74) is 8.59. The smallest absolute Gasteiger partial charge is 0.225 e. The van der Waals surface area contributed by atoms with Gasteiger partial charge in [0.25, 0.3) is 0 Å². The van der Waals surface area contributed by atoms with Gasteiger partial charge in [-0.2, -0.15) is 0 Å². The number of carbonyl (C=O) groups excluding carboxylic acids is 1. The number of nitrogens with one attached hydrogen (secondary N) is 2. The van der Waals surface area contributed by atoms with E-state index in [-0.39, 0.29) is 17.8 Å². The third kappa shape index (κ3) is 4.03. The summed E-state index contributed by atoms with van der Waals surface area (Å²) in [5, 5.41) is 6.35. The number of nitrogens with zero attached hydrogens (tertiary/aromatic N) is 1. The number of amides is 1. The molecule has 2 aromatic carbocycles. The van der Waals surface area contributed by atoms with Crippen molar-refractivity contribution in [2.24, 2.45) is 10.7 Å². The Hall–Kier alpha value is -2.73. The van der Waals surface area contributed by atoms with Crippen molar-refractivity contribution in [3.05, 3.63) is 53.1 Å². The predicted molar refractivity (Wildman–Crippen MR) is 101 cm³/mol. The first-order valence-corrected chi connectivity index (χ1v) is 8.24. The molecule has 2 aromatic rings. The van der Waals surface area contributed by atoms with Gasteiger partial charge in [0.1, 0.15) is 5.75 Å². The van der Waals surface area contributed by atoms with Crippen LogP contribution >= 0.6 is 11.6 Å². The van der Waals surface area contributed by atoms with E-state index in [2.05, 4.69) is 15.6 Å². The van der Waals surface area contributed by atoms with Crippen molar-refractivity contribution in [1.82, 2.24) is 0 Å². The standard InChI is InChI=1S/C18H19ClN4O2/c1-25-16-7-6-12(9-14(16)19)22-18(20)21-10-11-8-17(24)23-15-5-3-2-4-13(11)15/h2-7,9,11H,8,10H2,1H3,(H,23,24)(H3,20,21,22). The van der Waals surface area contributed by atoms with Crippen LogP contribution in [0.4, 0.5) is 11.4 Å². The number of fused-ring (bicyclic) bond motifs is 1. The topological polar surface area (TPSA) is 88.7 Å². The Morgan fingerprint density at radius 3 is 2.96 bits per heavy atom. The number of carbonyl (C=O) groups is 1. The van der Waals surface area contributed by atoms with Crippen molar-refractivity contribution in [3.63, 3.8) is 0 Å². The van der Waals surface area contributed by atoms with Crippen molar-refractivity contribution in [1.29, 1.82) is 0 Å². The summed E-state index contributed by atoms with van der Waals surface area (Å²) in [4.78, 5) is 16.2. The van der Waals surface area contributed by atoms with Gasteiger partial charge in [0.05, 0.1) is 18.7 Å². The van der Waals surface area contributed by atoms with Crippen molar-refractivity contribution >= 4 is 34.8 Å². The number of ether oxygens (including phenoxy) is 1. The lowest BCUT2D eigenvalue weighted by Crippen LogP contribution is -2.27. The van der Waals surface area contributed by atoms with Crippen molar-refractivity contribution in [3.8, 4) is 5.75 Å². The van der Waals surface area contributed by atoms with Crippen LogP contribution in [0.3, 0.4) is 0 Å². The minimum atomic E-state index is -0.00707. The molecule has 0 aromatic heterocycles. The molecule has 3 rings (SSSR count). The molecule has 4 N–H and O–H groups in total. The highest BCUT2D eigenvalue weighted by molar-refractivity contribution is 6.32. The predicted octanol–water partition coefficient (Wildman–Crippen LogP) is 3.20. The first kappa shape index (κ1) is 17.1. The number of hydrogen-bond donors (Lipinski definition) is 3. The fraction of sp³-hybridized carbons (Fsp3) is 0.222. The molecule has 0 radical (unpaired) electrons. The van der Waals surface area contributed by atoms with Gasteiger partial charge < -0.3 is 21.1 Å². The van der Waals surface area contributed by atoms with E-state index >= 15 is 0 Å². The van der Waals surface area contributed by atoms with Crippen LogP contribution in [0.2, 0.25) is 5.02 Å². The molecular formula is C18H19ClN4O2. The maximum absolute atomic E-state index is 11.8. The van der Waals surface area contributed by atoms with Gasteiger partial charge in [-0.05, 0) is 29.8 Å². The zero-order valence-electron chi connectivity index (χ0n) is 13.8. The third-order valence-corrected chi connectivity index (χ3v) is 4.31. The summed E-state index contributed by atoms with van der Waals surface area (Å²) in [7, 11) is 1.56. The Morgan fingerprint density at radius 1 is 1.40 bits per heavy atom. The van der Waals surface area contributed by atoms with E-state index in [1.807, 2.05) is 24.3 Å². The quantitative estimate of drug-likeness (QED) is 0.578. The van der Waals surface area contributed by atoms with E-state index in [9.17, 15) is 4.79 Å². The molecule has 0 bridgehead atoms. The van der Waals surface area contributed by atoms with Crippen LogP contribution in [0.15, 0.2) is 47.5 Å². The lowest BCUT2D eigenvalue weighted by molar-refractivity contribution is -0.116. The second kappa shape index (κ2) is 7.44. The normalized spacial score (nSPS) is 16.8. The maximum atomic E-state index is 11.8. The number of nitrogens with two attached hydrogens (primary N) is 1. The van der Waals surface area contributed by atoms with E-state index in [0.717, 1.165) is 11.3 Å². The van der Waals surface area contributed by atoms with Crippen LogP contribution in [-0.4, -0.2) is 25.5 Å². The Morgan fingerprint density at radius 2 is 2.20 bits per heavy atom. The van der Waals surface area contributed by atoms with Crippen molar-refractivity contribution in [2.45, 2.75) is 12.3 Å². The zero-order valence-corrected chi connectivity index (χ0v) is 14.5. The number of aliphatic imine (C=N–C) groups is 1. The van der Waals surface area contributed by atoms with Gasteiger partial charge in [-0.3, -0.25) is 9.79 Å². The molecule has 1 aliphatic heterocycles. The van der Waals surface area contributed by atoms with E-state index in [4.69, 9.17) is 22.1 Å². The van der Waals surface area contributed by atoms with E-state index in [1.165, 1.54) is 0 Å². The second-order valence-electron chi connectivity index (χ2n) is 5.74. The number of halogens is 1. The maximum Gasteiger partial charge on any atom is 0.225 e. The van der Waals surface area contributed by atoms with Gasteiger partial charge in [-0.25, -0.2) is 0 Å². The van der Waals surface area contributed by atoms with Crippen LogP contribution < -0.4 is 21.1 Å². The molecule has 0 saturated heterocycles. The molecule has 1 aliphatic rings. The molecular weight excluding hydrogens is 340 g/mol. The van der Waals surface area contributed by atoms with Gasteiger partial charge in [0.2, 0.25) is 5.91 Å². The molecule has 7 heteroatoms. The number of para-hydroxylation sites is 1. The second-order valence-corrected chi connectivity index (χ2v) is 6.14. The Labute approximate surface area is 151 Å². The minimum absolute atomic E-state index is 0.00440. The van der Waals surface area contributed by atoms with Crippen LogP contribution in [-0.2, 0) is 4.79 Å². The van der Waals surface area contributed by atoms with Gasteiger partial charge in [-0.15, -0.1) is 0 Å². The summed E-state index contributed by atoms with van der Waals surface area (Å²) in [5.74, 6) is 0.856. The molecule has 130 valence electrons. The van der Waals surface area contributed by atoms with E-state index in [1.54, 1.807) is 25.3 Å². The zero-order chi connectivity index (χ0) is 17.8. The highest BCUT2D eigenvalue weighted by Crippen LogP contribution is 2.32. The van der Waals surface area contributed by atoms with E-state index in [0.29, 0.717) is 29.4 Å². The van der Waals surface area contributed by atoms with Crippen LogP contribution in [0.1, 0.15) is 17.9 Å². The number of guanidine groups is 1. The minimum Gasteiger partial charge on any atom is -0.495 e. The lowest BCUT2D eigenvalue weighted by Gasteiger charge is -2.24.